The van der Waals surface area contributed by atoms with E-state index in [0.717, 1.165) is 31.2 Å². The van der Waals surface area contributed by atoms with Crippen LogP contribution >= 0.6 is 0 Å². The number of halogens is 6. The molecule has 0 aliphatic carbocycles. The van der Waals surface area contributed by atoms with Crippen molar-refractivity contribution in [3.8, 4) is 0 Å². The second-order valence-corrected chi connectivity index (χ2v) is 9.26. The molecule has 0 spiro atoms. The van der Waals surface area contributed by atoms with E-state index in [1.165, 1.54) is 18.5 Å². The topological polar surface area (TPSA) is 64.6 Å². The molecule has 0 radical (unpaired) electrons. The Bertz CT molecular complexity index is 1050. The van der Waals surface area contributed by atoms with Crippen LogP contribution in [0.1, 0.15) is 30.5 Å². The maximum Gasteiger partial charge on any atom is 0.433 e. The first-order chi connectivity index (χ1) is 17.5. The third-order valence-electron chi connectivity index (χ3n) is 6.63. The third-order valence-corrected chi connectivity index (χ3v) is 6.63. The van der Waals surface area contributed by atoms with Crippen LogP contribution in [0.4, 0.5) is 37.7 Å². The van der Waals surface area contributed by atoms with E-state index in [1.54, 1.807) is 4.90 Å². The summed E-state index contributed by atoms with van der Waals surface area (Å²) in [6.45, 7) is 4.13. The zero-order chi connectivity index (χ0) is 26.6. The fourth-order valence-corrected chi connectivity index (χ4v) is 4.61. The van der Waals surface area contributed by atoms with Crippen LogP contribution in [0.5, 0.6) is 0 Å². The van der Waals surface area contributed by atoms with Gasteiger partial charge in [0, 0.05) is 70.7 Å². The minimum Gasteiger partial charge on any atom is -0.379 e. The number of likely N-dealkylation sites (tertiary alicyclic amines) is 1. The molecule has 13 heteroatoms. The summed E-state index contributed by atoms with van der Waals surface area (Å²) in [6.07, 6.45) is -3.78. The van der Waals surface area contributed by atoms with Crippen LogP contribution < -0.4 is 10.2 Å². The standard InChI is InChI=1S/C24H28F6N6O/c25-23(26,27)17-12-19(14-31-13-17)33-18-2-1-6-36(16-18)22(37)5-7-34-8-10-35(11-9-34)20-3-4-21(32-15-20)24(28,29)30/h3-4,12-15,18,33H,1-2,5-11,16H2/t18-/m0/s1. The molecule has 2 aromatic rings. The van der Waals surface area contributed by atoms with Gasteiger partial charge in [-0.05, 0) is 31.0 Å². The highest BCUT2D eigenvalue weighted by Crippen LogP contribution is 2.31. The lowest BCUT2D eigenvalue weighted by Crippen LogP contribution is -2.49. The van der Waals surface area contributed by atoms with Crippen LogP contribution in [-0.2, 0) is 17.1 Å². The molecule has 1 atom stereocenters. The number of amides is 1. The highest BCUT2D eigenvalue weighted by atomic mass is 19.4. The maximum absolute atomic E-state index is 12.9. The molecular weight excluding hydrogens is 502 g/mol. The van der Waals surface area contributed by atoms with Crippen LogP contribution in [0.15, 0.2) is 36.8 Å². The first-order valence-corrected chi connectivity index (χ1v) is 12.1. The summed E-state index contributed by atoms with van der Waals surface area (Å²) in [6, 6.07) is 3.26. The summed E-state index contributed by atoms with van der Waals surface area (Å²) in [4.78, 5) is 25.9. The SMILES string of the molecule is O=C(CCN1CCN(c2ccc(C(F)(F)F)nc2)CC1)N1CCC[C@H](Nc2cncc(C(F)(F)F)c2)C1. The molecule has 0 saturated carbocycles. The molecule has 4 heterocycles. The average molecular weight is 531 g/mol. The first kappa shape index (κ1) is 27.0. The Balaban J connectivity index is 1.21. The number of pyridine rings is 2. The summed E-state index contributed by atoms with van der Waals surface area (Å²) < 4.78 is 77.0. The molecule has 1 amide bonds. The number of anilines is 2. The van der Waals surface area contributed by atoms with Crippen molar-refractivity contribution in [1.29, 1.82) is 0 Å². The van der Waals surface area contributed by atoms with Gasteiger partial charge in [0.1, 0.15) is 5.69 Å². The van der Waals surface area contributed by atoms with E-state index in [0.29, 0.717) is 57.9 Å². The highest BCUT2D eigenvalue weighted by molar-refractivity contribution is 5.76. The number of rotatable bonds is 6. The van der Waals surface area contributed by atoms with Gasteiger partial charge < -0.3 is 15.1 Å². The van der Waals surface area contributed by atoms with E-state index < -0.39 is 23.6 Å². The van der Waals surface area contributed by atoms with Gasteiger partial charge in [0.15, 0.2) is 0 Å². The lowest BCUT2D eigenvalue weighted by atomic mass is 10.0. The summed E-state index contributed by atoms with van der Waals surface area (Å²) in [5, 5.41) is 3.08. The van der Waals surface area contributed by atoms with E-state index in [4.69, 9.17) is 0 Å². The van der Waals surface area contributed by atoms with Gasteiger partial charge in [-0.25, -0.2) is 4.98 Å². The van der Waals surface area contributed by atoms with Crippen molar-refractivity contribution >= 4 is 17.3 Å². The van der Waals surface area contributed by atoms with E-state index in [9.17, 15) is 31.1 Å². The largest absolute Gasteiger partial charge is 0.433 e. The van der Waals surface area contributed by atoms with Crippen LogP contribution in [0.25, 0.3) is 0 Å². The Morgan fingerprint density at radius 2 is 1.73 bits per heavy atom. The molecule has 0 bridgehead atoms. The number of piperazine rings is 1. The Hall–Kier alpha value is -3.09. The van der Waals surface area contributed by atoms with E-state index in [1.807, 2.05) is 4.90 Å². The van der Waals surface area contributed by atoms with Crippen LogP contribution in [-0.4, -0.2) is 77.5 Å². The number of hydrogen-bond donors (Lipinski definition) is 1. The second kappa shape index (κ2) is 11.1. The van der Waals surface area contributed by atoms with Gasteiger partial charge in [0.2, 0.25) is 5.91 Å². The molecule has 2 fully saturated rings. The second-order valence-electron chi connectivity index (χ2n) is 9.26. The van der Waals surface area contributed by atoms with Gasteiger partial charge in [-0.2, -0.15) is 26.3 Å². The number of piperidine rings is 1. The number of nitrogens with one attached hydrogen (secondary N) is 1. The van der Waals surface area contributed by atoms with Crippen LogP contribution in [0.3, 0.4) is 0 Å². The molecule has 37 heavy (non-hydrogen) atoms. The molecule has 202 valence electrons. The Kier molecular flexibility index (Phi) is 8.10. The number of nitrogens with zero attached hydrogens (tertiary/aromatic N) is 5. The first-order valence-electron chi connectivity index (χ1n) is 12.1. The quantitative estimate of drug-likeness (QED) is 0.567. The Morgan fingerprint density at radius 1 is 0.973 bits per heavy atom. The van der Waals surface area contributed by atoms with Gasteiger partial charge in [-0.15, -0.1) is 0 Å². The van der Waals surface area contributed by atoms with Gasteiger partial charge >= 0.3 is 12.4 Å². The number of hydrogen-bond acceptors (Lipinski definition) is 6. The number of alkyl halides is 6. The normalized spacial score (nSPS) is 19.7. The van der Waals surface area contributed by atoms with Crippen molar-refractivity contribution < 1.29 is 31.1 Å². The van der Waals surface area contributed by atoms with Gasteiger partial charge in [0.05, 0.1) is 23.1 Å². The van der Waals surface area contributed by atoms with Crippen molar-refractivity contribution in [3.05, 3.63) is 48.0 Å². The molecule has 2 saturated heterocycles. The number of carbonyl (C=O) groups is 1. The van der Waals surface area contributed by atoms with Crippen LogP contribution in [0.2, 0.25) is 0 Å². The van der Waals surface area contributed by atoms with E-state index in [2.05, 4.69) is 20.2 Å². The van der Waals surface area contributed by atoms with Gasteiger partial charge in [0.25, 0.3) is 0 Å². The zero-order valence-electron chi connectivity index (χ0n) is 20.0. The van der Waals surface area contributed by atoms with Gasteiger partial charge in [-0.3, -0.25) is 14.7 Å². The lowest BCUT2D eigenvalue weighted by molar-refractivity contribution is -0.141. The lowest BCUT2D eigenvalue weighted by Gasteiger charge is -2.37. The fraction of sp³-hybridized carbons (Fsp3) is 0.542. The Labute approximate surface area is 210 Å². The van der Waals surface area contributed by atoms with E-state index in [-0.39, 0.29) is 17.6 Å². The highest BCUT2D eigenvalue weighted by Gasteiger charge is 2.33. The maximum atomic E-state index is 12.9. The summed E-state index contributed by atoms with van der Waals surface area (Å²) in [5.74, 6) is -0.0111. The van der Waals surface area contributed by atoms with Crippen molar-refractivity contribution in [3.63, 3.8) is 0 Å². The molecule has 4 rings (SSSR count). The zero-order valence-corrected chi connectivity index (χ0v) is 20.0. The minimum absolute atomic E-state index is 0.0111. The smallest absolute Gasteiger partial charge is 0.379 e. The average Bonchev–Trinajstić information content (AvgIpc) is 2.87. The molecule has 2 aliphatic rings. The van der Waals surface area contributed by atoms with E-state index >= 15 is 0 Å². The Morgan fingerprint density at radius 3 is 2.38 bits per heavy atom. The molecular formula is C24H28F6N6O. The predicted octanol–water partition coefficient (Wildman–Crippen LogP) is 4.13. The summed E-state index contributed by atoms with van der Waals surface area (Å²) in [5.41, 5.74) is -0.840. The van der Waals surface area contributed by atoms with Crippen LogP contribution in [0, 0.1) is 0 Å². The van der Waals surface area contributed by atoms with Crippen molar-refractivity contribution in [2.24, 2.45) is 0 Å². The summed E-state index contributed by atoms with van der Waals surface area (Å²) in [7, 11) is 0. The fourth-order valence-electron chi connectivity index (χ4n) is 4.61. The molecule has 2 aromatic heterocycles. The van der Waals surface area contributed by atoms with Crippen molar-refractivity contribution in [1.82, 2.24) is 19.8 Å². The summed E-state index contributed by atoms with van der Waals surface area (Å²) >= 11 is 0. The molecule has 1 N–H and O–H groups in total. The molecule has 0 unspecified atom stereocenters. The predicted molar refractivity (Wildman–Crippen MR) is 125 cm³/mol. The molecule has 0 aromatic carbocycles. The monoisotopic (exact) mass is 530 g/mol. The minimum atomic E-state index is -4.47. The number of carbonyl (C=O) groups excluding carboxylic acids is 1. The van der Waals surface area contributed by atoms with Crippen molar-refractivity contribution in [2.75, 3.05) is 56.0 Å². The molecule has 7 nitrogen and oxygen atoms in total. The molecule has 2 aliphatic heterocycles. The van der Waals surface area contributed by atoms with Crippen molar-refractivity contribution in [2.45, 2.75) is 37.7 Å². The number of aromatic nitrogens is 2. The van der Waals surface area contributed by atoms with Gasteiger partial charge in [-0.1, -0.05) is 0 Å². The third kappa shape index (κ3) is 7.24.